The molecule has 4 aromatic rings. The van der Waals surface area contributed by atoms with Gasteiger partial charge in [0.15, 0.2) is 0 Å². The summed E-state index contributed by atoms with van der Waals surface area (Å²) in [5.74, 6) is -0.373. The van der Waals surface area contributed by atoms with Gasteiger partial charge in [-0.15, -0.1) is 0 Å². The van der Waals surface area contributed by atoms with E-state index in [9.17, 15) is 18.8 Å². The molecule has 44 heavy (non-hydrogen) atoms. The number of nitrogens with one attached hydrogen (secondary N) is 1. The minimum atomic E-state index is -0.630. The van der Waals surface area contributed by atoms with Crippen molar-refractivity contribution in [3.63, 3.8) is 0 Å². The first-order valence-electron chi connectivity index (χ1n) is 14.6. The second kappa shape index (κ2) is 16.0. The molecule has 5 rings (SSSR count). The fourth-order valence-electron chi connectivity index (χ4n) is 4.75. The predicted molar refractivity (Wildman–Crippen MR) is 177 cm³/mol. The van der Waals surface area contributed by atoms with Crippen molar-refractivity contribution in [3.05, 3.63) is 140 Å². The molecule has 0 unspecified atom stereocenters. The van der Waals surface area contributed by atoms with Crippen molar-refractivity contribution in [1.29, 1.82) is 0 Å². The molecule has 8 nitrogen and oxygen atoms in total. The average Bonchev–Trinajstić information content (AvgIpc) is 3.05. The van der Waals surface area contributed by atoms with Crippen LogP contribution in [0.25, 0.3) is 10.9 Å². The zero-order valence-corrected chi connectivity index (χ0v) is 25.8. The molecule has 1 fully saturated rings. The summed E-state index contributed by atoms with van der Waals surface area (Å²) in [6.07, 6.45) is 3.37. The van der Waals surface area contributed by atoms with Gasteiger partial charge in [0.25, 0.3) is 11.5 Å². The normalized spacial score (nSPS) is 12.9. The number of H-pyrrole nitrogens is 1. The van der Waals surface area contributed by atoms with Gasteiger partial charge in [-0.1, -0.05) is 69.0 Å². The summed E-state index contributed by atoms with van der Waals surface area (Å²) in [4.78, 5) is 47.5. The predicted octanol–water partition coefficient (Wildman–Crippen LogP) is 5.69. The van der Waals surface area contributed by atoms with E-state index in [-0.39, 0.29) is 12.1 Å². The Balaban J connectivity index is 0.000000454. The van der Waals surface area contributed by atoms with Gasteiger partial charge in [0.2, 0.25) is 0 Å². The maximum atomic E-state index is 14.6. The Labute approximate surface area is 257 Å². The molecule has 9 heteroatoms. The quantitative estimate of drug-likeness (QED) is 0.228. The third-order valence-corrected chi connectivity index (χ3v) is 7.25. The number of nitrogens with zero attached hydrogens (tertiary/aromatic N) is 4. The number of piperazine rings is 1. The molecule has 1 amide bonds. The van der Waals surface area contributed by atoms with Crippen molar-refractivity contribution < 1.29 is 9.18 Å². The van der Waals surface area contributed by atoms with Gasteiger partial charge in [-0.05, 0) is 67.6 Å². The van der Waals surface area contributed by atoms with Crippen LogP contribution in [-0.4, -0.2) is 58.2 Å². The van der Waals surface area contributed by atoms with E-state index in [0.717, 1.165) is 0 Å². The highest BCUT2D eigenvalue weighted by Gasteiger charge is 2.25. The van der Waals surface area contributed by atoms with Gasteiger partial charge in [0.05, 0.1) is 23.0 Å². The number of rotatable bonds is 6. The molecule has 0 atom stereocenters. The number of para-hydroxylation sites is 1. The van der Waals surface area contributed by atoms with Crippen LogP contribution in [0.1, 0.15) is 40.9 Å². The number of allylic oxidation sites excluding steroid dienone is 2. The van der Waals surface area contributed by atoms with Crippen molar-refractivity contribution in [3.8, 4) is 0 Å². The van der Waals surface area contributed by atoms with Crippen molar-refractivity contribution in [2.24, 2.45) is 4.99 Å². The number of aliphatic imine (C=N–C) groups is 1. The fourth-order valence-corrected chi connectivity index (χ4v) is 4.75. The Morgan fingerprint density at radius 2 is 1.52 bits per heavy atom. The molecule has 0 bridgehead atoms. The van der Waals surface area contributed by atoms with Gasteiger partial charge in [-0.25, -0.2) is 14.2 Å². The lowest BCUT2D eigenvalue weighted by atomic mass is 10.1. The number of amides is 1. The van der Waals surface area contributed by atoms with E-state index in [1.807, 2.05) is 18.7 Å². The summed E-state index contributed by atoms with van der Waals surface area (Å²) in [5, 5.41) is 0.372. The summed E-state index contributed by atoms with van der Waals surface area (Å²) in [7, 11) is 0. The lowest BCUT2D eigenvalue weighted by molar-refractivity contribution is 0.0664. The van der Waals surface area contributed by atoms with E-state index in [1.165, 1.54) is 33.9 Å². The number of fused-ring (bicyclic) bond motifs is 1. The maximum absolute atomic E-state index is 14.6. The summed E-state index contributed by atoms with van der Waals surface area (Å²) < 4.78 is 16.0. The molecule has 1 aromatic heterocycles. The number of hydrogen-bond donors (Lipinski definition) is 1. The lowest BCUT2D eigenvalue weighted by Crippen LogP contribution is -2.48. The smallest absolute Gasteiger partial charge is 0.329 e. The van der Waals surface area contributed by atoms with Gasteiger partial charge in [0.1, 0.15) is 11.6 Å². The number of carbonyl (C=O) groups excluding carboxylic acids is 1. The number of aromatic nitrogens is 2. The summed E-state index contributed by atoms with van der Waals surface area (Å²) in [5.41, 5.74) is 2.66. The second-order valence-electron chi connectivity index (χ2n) is 9.96. The first-order chi connectivity index (χ1) is 21.2. The van der Waals surface area contributed by atoms with Gasteiger partial charge < -0.3 is 9.80 Å². The number of aryl methyl sites for hydroxylation is 2. The third kappa shape index (κ3) is 8.06. The standard InChI is InChI=1S/C25H24FN5O3.C8H10.C2H6/c1-3-6-22(27-2)29-11-13-30(14-12-29)24(33)19-15-17(9-10-20(19)26)16-31-21-8-5-4-7-18(21)23(32)28-25(31)34;1-7-5-3-4-6-8(7)2;1-2/h3-10,15H,1-2,11-14,16H2,(H,28,32,34);3-6H,1-2H3;1-2H3/b22-6+;;. The molecule has 0 aliphatic carbocycles. The molecule has 2 heterocycles. The van der Waals surface area contributed by atoms with Crippen LogP contribution >= 0.6 is 0 Å². The lowest BCUT2D eigenvalue weighted by Gasteiger charge is -2.36. The summed E-state index contributed by atoms with van der Waals surface area (Å²) >= 11 is 0. The highest BCUT2D eigenvalue weighted by molar-refractivity contribution is 5.94. The van der Waals surface area contributed by atoms with Crippen LogP contribution < -0.4 is 11.2 Å². The van der Waals surface area contributed by atoms with E-state index in [1.54, 1.807) is 41.3 Å². The van der Waals surface area contributed by atoms with Gasteiger partial charge in [0, 0.05) is 26.2 Å². The van der Waals surface area contributed by atoms with Crippen LogP contribution in [0.4, 0.5) is 4.39 Å². The maximum Gasteiger partial charge on any atom is 0.329 e. The highest BCUT2D eigenvalue weighted by atomic mass is 19.1. The molecule has 0 saturated carbocycles. The number of hydrogen-bond acceptors (Lipinski definition) is 5. The van der Waals surface area contributed by atoms with Crippen LogP contribution in [0.15, 0.2) is 106 Å². The molecule has 0 spiro atoms. The van der Waals surface area contributed by atoms with Crippen LogP contribution in [0.3, 0.4) is 0 Å². The highest BCUT2D eigenvalue weighted by Crippen LogP contribution is 2.18. The van der Waals surface area contributed by atoms with Crippen molar-refractivity contribution in [2.75, 3.05) is 26.2 Å². The Morgan fingerprint density at radius 3 is 2.11 bits per heavy atom. The molecule has 1 N–H and O–H groups in total. The molecule has 3 aromatic carbocycles. The van der Waals surface area contributed by atoms with Crippen LogP contribution in [0.2, 0.25) is 0 Å². The van der Waals surface area contributed by atoms with E-state index in [4.69, 9.17) is 0 Å². The van der Waals surface area contributed by atoms with E-state index in [0.29, 0.717) is 48.5 Å². The Bertz CT molecular complexity index is 1740. The van der Waals surface area contributed by atoms with Crippen molar-refractivity contribution in [2.45, 2.75) is 34.2 Å². The molecule has 230 valence electrons. The third-order valence-electron chi connectivity index (χ3n) is 7.25. The monoisotopic (exact) mass is 597 g/mol. The fraction of sp³-hybridized carbons (Fsp3) is 0.257. The number of aromatic amines is 1. The van der Waals surface area contributed by atoms with E-state index >= 15 is 0 Å². The van der Waals surface area contributed by atoms with Crippen LogP contribution in [0.5, 0.6) is 0 Å². The number of benzene rings is 3. The van der Waals surface area contributed by atoms with Crippen molar-refractivity contribution in [1.82, 2.24) is 19.4 Å². The molecule has 1 aliphatic heterocycles. The summed E-state index contributed by atoms with van der Waals surface area (Å²) in [6.45, 7) is 17.4. The van der Waals surface area contributed by atoms with Crippen molar-refractivity contribution >= 4 is 23.5 Å². The molecule has 1 aliphatic rings. The first-order valence-corrected chi connectivity index (χ1v) is 14.6. The number of halogens is 1. The molecular weight excluding hydrogens is 557 g/mol. The molecular formula is C35H40FN5O3. The van der Waals surface area contributed by atoms with Gasteiger partial charge in [-0.3, -0.25) is 19.1 Å². The average molecular weight is 598 g/mol. The Kier molecular flexibility index (Phi) is 12.1. The van der Waals surface area contributed by atoms with E-state index < -0.39 is 23.0 Å². The summed E-state index contributed by atoms with van der Waals surface area (Å²) in [6, 6.07) is 19.3. The molecule has 1 saturated heterocycles. The number of carbonyl (C=O) groups is 1. The minimum absolute atomic E-state index is 0.0589. The Hall–Kier alpha value is -5.05. The van der Waals surface area contributed by atoms with Crippen LogP contribution in [-0.2, 0) is 6.54 Å². The zero-order chi connectivity index (χ0) is 32.2. The van der Waals surface area contributed by atoms with E-state index in [2.05, 4.69) is 61.4 Å². The van der Waals surface area contributed by atoms with Gasteiger partial charge in [-0.2, -0.15) is 0 Å². The van der Waals surface area contributed by atoms with Gasteiger partial charge >= 0.3 is 5.69 Å². The Morgan fingerprint density at radius 1 is 0.932 bits per heavy atom. The zero-order valence-electron chi connectivity index (χ0n) is 25.8. The largest absolute Gasteiger partial charge is 0.353 e. The topological polar surface area (TPSA) is 90.8 Å². The SMILES string of the molecule is C=C/C=C(\N=C)N1CCN(C(=O)c2cc(Cn3c(=O)[nH]c(=O)c4ccccc43)ccc2F)CC1.CC.Cc1ccccc1C. The minimum Gasteiger partial charge on any atom is -0.353 e. The van der Waals surface area contributed by atoms with Crippen LogP contribution in [0, 0.1) is 19.7 Å². The first kappa shape index (κ1) is 33.5. The second-order valence-corrected chi connectivity index (χ2v) is 9.96. The molecule has 0 radical (unpaired) electrons.